The van der Waals surface area contributed by atoms with Crippen LogP contribution in [0.15, 0.2) is 137 Å². The summed E-state index contributed by atoms with van der Waals surface area (Å²) in [7, 11) is 0. The van der Waals surface area contributed by atoms with E-state index in [0.717, 1.165) is 0 Å². The number of hydrogen-bond acceptors (Lipinski definition) is 7. The van der Waals surface area contributed by atoms with E-state index in [2.05, 4.69) is 0 Å². The van der Waals surface area contributed by atoms with Crippen molar-refractivity contribution in [1.29, 1.82) is 0 Å². The van der Waals surface area contributed by atoms with Gasteiger partial charge in [0.15, 0.2) is 0 Å². The summed E-state index contributed by atoms with van der Waals surface area (Å²) in [6.07, 6.45) is 16.9. The van der Waals surface area contributed by atoms with E-state index in [9.17, 15) is 20.1 Å². The van der Waals surface area contributed by atoms with Crippen molar-refractivity contribution in [2.45, 2.75) is 0 Å². The van der Waals surface area contributed by atoms with Gasteiger partial charge in [0.1, 0.15) is 0 Å². The van der Waals surface area contributed by atoms with Gasteiger partial charge in [-0.05, 0) is 17.2 Å². The van der Waals surface area contributed by atoms with Gasteiger partial charge in [-0.25, -0.2) is 16.9 Å². The summed E-state index contributed by atoms with van der Waals surface area (Å²) in [5.41, 5.74) is 0.366. The first-order chi connectivity index (χ1) is 15.2. The zero-order valence-corrected chi connectivity index (χ0v) is 19.6. The Morgan fingerprint density at radius 2 is 1.06 bits per heavy atom. The van der Waals surface area contributed by atoms with Crippen molar-refractivity contribution in [3.8, 4) is 0 Å². The first-order valence-electron chi connectivity index (χ1n) is 9.03. The van der Waals surface area contributed by atoms with Crippen LogP contribution in [0.25, 0.3) is 0 Å². The average Bonchev–Trinajstić information content (AvgIpc) is 3.56. The van der Waals surface area contributed by atoms with Crippen LogP contribution in [0.4, 0.5) is 0 Å². The van der Waals surface area contributed by atoms with Crippen molar-refractivity contribution in [1.82, 2.24) is 0 Å². The molecule has 10 heteroatoms. The minimum atomic E-state index is -1.22. The van der Waals surface area contributed by atoms with Gasteiger partial charge in [0, 0.05) is 5.57 Å². The maximum absolute atomic E-state index is 10.3. The molecule has 3 aliphatic rings. The predicted molar refractivity (Wildman–Crippen MR) is 112 cm³/mol. The van der Waals surface area contributed by atoms with E-state index in [1.165, 1.54) is 18.2 Å². The van der Waals surface area contributed by atoms with Crippen LogP contribution in [0.1, 0.15) is 0 Å². The van der Waals surface area contributed by atoms with Crippen molar-refractivity contribution in [2.24, 2.45) is 0 Å². The summed E-state index contributed by atoms with van der Waals surface area (Å²) in [6.45, 7) is 0. The second-order valence-electron chi connectivity index (χ2n) is 5.88. The molecule has 0 unspecified atom stereocenters. The Labute approximate surface area is 217 Å². The summed E-state index contributed by atoms with van der Waals surface area (Å²) < 4.78 is 0. The van der Waals surface area contributed by atoms with Crippen molar-refractivity contribution in [3.05, 3.63) is 137 Å². The molecule has 0 amide bonds. The van der Waals surface area contributed by atoms with Gasteiger partial charge < -0.3 is 35.7 Å². The minimum absolute atomic E-state index is 0. The molecular weight excluding hydrogens is 528 g/mol. The maximum atomic E-state index is 10.3. The quantitative estimate of drug-likeness (QED) is 0.233. The molecule has 180 valence electrons. The van der Waals surface area contributed by atoms with Gasteiger partial charge in [-0.2, -0.15) is 18.2 Å². The van der Waals surface area contributed by atoms with Crippen LogP contribution in [0.5, 0.6) is 0 Å². The van der Waals surface area contributed by atoms with Crippen LogP contribution >= 0.6 is 0 Å². The van der Waals surface area contributed by atoms with Gasteiger partial charge in [0.05, 0.1) is 23.4 Å². The smallest absolute Gasteiger partial charge is 0.629 e. The number of allylic oxidation sites excluding steroid dienone is 13. The molecule has 0 saturated carbocycles. The van der Waals surface area contributed by atoms with Crippen molar-refractivity contribution in [2.75, 3.05) is 0 Å². The SMILES string of the molecule is O=C(O)C1=CC=CC1=C([O-])O.[Fe+2].[Fe+2].[O-]C(O)=C1C=CC=C1.[O-]C(O)=C1C=CC=C1.c1cc[cH-]c1. The number of aliphatic hydroxyl groups excluding tert-OH is 3. The standard InChI is InChI=1S/C7H6O4.2C6H6O2.C5H5.2Fe/c8-6(9)4-2-1-3-5(4)7(10)11;2*7-6(8)5-3-1-2-4-5;1-2-4-5-3-1;;/h1-3,8-9H,(H,10,11);2*1-4,7-8H;1-5H;;/q;;;-1;2*+2/p-3. The van der Waals surface area contributed by atoms with Gasteiger partial charge in [0.2, 0.25) is 0 Å². The van der Waals surface area contributed by atoms with Gasteiger partial charge in [-0.1, -0.05) is 60.8 Å². The molecule has 0 bridgehead atoms. The molecule has 0 aliphatic heterocycles. The number of rotatable bonds is 1. The third-order valence-electron chi connectivity index (χ3n) is 3.65. The van der Waals surface area contributed by atoms with E-state index in [4.69, 9.17) is 20.4 Å². The van der Waals surface area contributed by atoms with E-state index >= 15 is 0 Å². The molecule has 0 heterocycles. The molecule has 1 aromatic rings. The largest absolute Gasteiger partial charge is 2.00 e. The Morgan fingerprint density at radius 3 is 1.26 bits per heavy atom. The molecule has 3 aliphatic carbocycles. The summed E-state index contributed by atoms with van der Waals surface area (Å²) in [5, 5.41) is 63.9. The summed E-state index contributed by atoms with van der Waals surface area (Å²) in [5.74, 6) is -4.16. The van der Waals surface area contributed by atoms with Crippen LogP contribution in [0.3, 0.4) is 0 Å². The molecule has 1 aromatic carbocycles. The Balaban J connectivity index is 0. The van der Waals surface area contributed by atoms with Crippen molar-refractivity contribution < 1.29 is 74.7 Å². The fraction of sp³-hybridized carbons (Fsp3) is 0. The predicted octanol–water partition coefficient (Wildman–Crippen LogP) is 1.58. The molecule has 0 atom stereocenters. The number of aliphatic carboxylic acids is 1. The number of carboxylic acids is 1. The normalized spacial score (nSPS) is 14.8. The van der Waals surface area contributed by atoms with E-state index in [0.29, 0.717) is 11.1 Å². The molecule has 0 fully saturated rings. The molecule has 0 aromatic heterocycles. The van der Waals surface area contributed by atoms with E-state index in [-0.39, 0.29) is 45.3 Å². The number of aliphatic hydroxyl groups is 3. The summed E-state index contributed by atoms with van der Waals surface area (Å²) >= 11 is 0. The second-order valence-corrected chi connectivity index (χ2v) is 5.88. The number of hydrogen-bond donors (Lipinski definition) is 4. The van der Waals surface area contributed by atoms with Gasteiger partial charge in [-0.3, -0.25) is 0 Å². The number of carbonyl (C=O) groups is 1. The third-order valence-corrected chi connectivity index (χ3v) is 3.65. The van der Waals surface area contributed by atoms with Crippen LogP contribution < -0.4 is 15.3 Å². The Morgan fingerprint density at radius 1 is 0.647 bits per heavy atom. The van der Waals surface area contributed by atoms with Crippen LogP contribution in [-0.4, -0.2) is 26.4 Å². The Bertz CT molecular complexity index is 952. The van der Waals surface area contributed by atoms with Crippen LogP contribution in [0.2, 0.25) is 0 Å². The van der Waals surface area contributed by atoms with E-state index in [1.54, 1.807) is 48.6 Å². The fourth-order valence-electron chi connectivity index (χ4n) is 2.15. The molecule has 8 nitrogen and oxygen atoms in total. The Hall–Kier alpha value is -3.68. The van der Waals surface area contributed by atoms with E-state index < -0.39 is 23.8 Å². The topological polar surface area (TPSA) is 167 Å². The maximum Gasteiger partial charge on any atom is 2.00 e. The molecular formula is C24H20Fe2O8. The van der Waals surface area contributed by atoms with E-state index in [1.807, 2.05) is 30.3 Å². The molecule has 0 spiro atoms. The third kappa shape index (κ3) is 12.4. The number of carboxylic acid groups (broad SMARTS) is 1. The monoisotopic (exact) mass is 548 g/mol. The summed E-state index contributed by atoms with van der Waals surface area (Å²) in [6, 6.07) is 10.0. The van der Waals surface area contributed by atoms with Gasteiger partial charge in [-0.15, -0.1) is 0 Å². The zero-order chi connectivity index (χ0) is 23.9. The fourth-order valence-corrected chi connectivity index (χ4v) is 2.15. The van der Waals surface area contributed by atoms with Crippen LogP contribution in [-0.2, 0) is 38.9 Å². The molecule has 0 saturated heterocycles. The van der Waals surface area contributed by atoms with Crippen molar-refractivity contribution >= 4 is 5.97 Å². The first kappa shape index (κ1) is 32.5. The van der Waals surface area contributed by atoms with Crippen molar-refractivity contribution in [3.63, 3.8) is 0 Å². The molecule has 34 heavy (non-hydrogen) atoms. The Kier molecular flexibility index (Phi) is 17.0. The minimum Gasteiger partial charge on any atom is -0.629 e. The summed E-state index contributed by atoms with van der Waals surface area (Å²) in [4.78, 5) is 10.3. The zero-order valence-electron chi connectivity index (χ0n) is 17.4. The second kappa shape index (κ2) is 17.8. The molecule has 4 rings (SSSR count). The molecule has 4 N–H and O–H groups in total. The average molecular weight is 548 g/mol. The molecule has 0 radical (unpaired) electrons. The first-order valence-corrected chi connectivity index (χ1v) is 9.03. The van der Waals surface area contributed by atoms with Crippen LogP contribution in [0, 0.1) is 0 Å². The van der Waals surface area contributed by atoms with Gasteiger partial charge in [0.25, 0.3) is 0 Å². The van der Waals surface area contributed by atoms with Gasteiger partial charge >= 0.3 is 40.1 Å².